The van der Waals surface area contributed by atoms with Gasteiger partial charge in [0.05, 0.1) is 9.75 Å². The van der Waals surface area contributed by atoms with Crippen LogP contribution in [0.5, 0.6) is 0 Å². The standard InChI is InChI=1S/C12H16N2O3S/c1-8(16)13-9-4-5-14(6-9)12(17)11-3-2-10(7-15)18-11/h2-3,7-9,13,16H,4-6H2,1H3. The molecule has 1 fully saturated rings. The molecule has 0 spiro atoms. The van der Waals surface area contributed by atoms with Gasteiger partial charge in [0.1, 0.15) is 6.23 Å². The van der Waals surface area contributed by atoms with Gasteiger partial charge in [-0.15, -0.1) is 11.3 Å². The molecule has 0 bridgehead atoms. The Balaban J connectivity index is 1.96. The summed E-state index contributed by atoms with van der Waals surface area (Å²) >= 11 is 1.21. The Hall–Kier alpha value is -1.24. The zero-order chi connectivity index (χ0) is 13.1. The lowest BCUT2D eigenvalue weighted by Crippen LogP contribution is -2.39. The molecule has 18 heavy (non-hydrogen) atoms. The molecule has 1 aliphatic heterocycles. The molecule has 0 aromatic carbocycles. The molecule has 2 rings (SSSR count). The van der Waals surface area contributed by atoms with Crippen LogP contribution in [-0.2, 0) is 0 Å². The van der Waals surface area contributed by atoms with E-state index in [1.54, 1.807) is 24.0 Å². The predicted octanol–water partition coefficient (Wildman–Crippen LogP) is 0.703. The van der Waals surface area contributed by atoms with Crippen LogP contribution in [0.25, 0.3) is 0 Å². The van der Waals surface area contributed by atoms with E-state index in [9.17, 15) is 14.7 Å². The van der Waals surface area contributed by atoms with Gasteiger partial charge in [-0.1, -0.05) is 0 Å². The predicted molar refractivity (Wildman–Crippen MR) is 68.8 cm³/mol. The number of carbonyl (C=O) groups is 2. The third-order valence-corrected chi connectivity index (χ3v) is 3.90. The van der Waals surface area contributed by atoms with Gasteiger partial charge in [-0.2, -0.15) is 0 Å². The number of nitrogens with one attached hydrogen (secondary N) is 1. The Kier molecular flexibility index (Phi) is 4.11. The van der Waals surface area contributed by atoms with Gasteiger partial charge < -0.3 is 10.0 Å². The Labute approximate surface area is 109 Å². The van der Waals surface area contributed by atoms with Crippen LogP contribution in [0.3, 0.4) is 0 Å². The van der Waals surface area contributed by atoms with Gasteiger partial charge in [0.15, 0.2) is 6.29 Å². The van der Waals surface area contributed by atoms with Gasteiger partial charge in [-0.05, 0) is 25.5 Å². The van der Waals surface area contributed by atoms with Crippen molar-refractivity contribution >= 4 is 23.5 Å². The van der Waals surface area contributed by atoms with Gasteiger partial charge in [0.2, 0.25) is 0 Å². The third kappa shape index (κ3) is 2.95. The van der Waals surface area contributed by atoms with E-state index in [1.165, 1.54) is 11.3 Å². The maximum Gasteiger partial charge on any atom is 0.263 e. The number of aliphatic hydroxyl groups excluding tert-OH is 1. The fourth-order valence-electron chi connectivity index (χ4n) is 2.11. The van der Waals surface area contributed by atoms with Crippen molar-refractivity contribution in [3.05, 3.63) is 21.9 Å². The molecule has 0 aliphatic carbocycles. The second-order valence-electron chi connectivity index (χ2n) is 4.40. The Morgan fingerprint density at radius 1 is 1.67 bits per heavy atom. The lowest BCUT2D eigenvalue weighted by molar-refractivity contribution is 0.0785. The fraction of sp³-hybridized carbons (Fsp3) is 0.500. The molecule has 2 N–H and O–H groups in total. The summed E-state index contributed by atoms with van der Waals surface area (Å²) in [5.41, 5.74) is 0. The summed E-state index contributed by atoms with van der Waals surface area (Å²) in [6, 6.07) is 3.48. The first-order chi connectivity index (χ1) is 8.60. The number of likely N-dealkylation sites (tertiary alicyclic amines) is 1. The third-order valence-electron chi connectivity index (χ3n) is 2.91. The molecule has 0 radical (unpaired) electrons. The van der Waals surface area contributed by atoms with Crippen LogP contribution in [0, 0.1) is 0 Å². The van der Waals surface area contributed by atoms with Crippen molar-refractivity contribution in [1.29, 1.82) is 0 Å². The monoisotopic (exact) mass is 268 g/mol. The molecule has 1 aromatic heterocycles. The molecular formula is C12H16N2O3S. The van der Waals surface area contributed by atoms with E-state index in [1.807, 2.05) is 0 Å². The summed E-state index contributed by atoms with van der Waals surface area (Å²) in [4.78, 5) is 25.6. The van der Waals surface area contributed by atoms with E-state index < -0.39 is 6.23 Å². The second-order valence-corrected chi connectivity index (χ2v) is 5.51. The van der Waals surface area contributed by atoms with E-state index in [-0.39, 0.29) is 11.9 Å². The van der Waals surface area contributed by atoms with E-state index in [0.717, 1.165) is 12.7 Å². The molecular weight excluding hydrogens is 252 g/mol. The highest BCUT2D eigenvalue weighted by atomic mass is 32.1. The Morgan fingerprint density at radius 3 is 3.06 bits per heavy atom. The summed E-state index contributed by atoms with van der Waals surface area (Å²) in [7, 11) is 0. The topological polar surface area (TPSA) is 69.6 Å². The minimum absolute atomic E-state index is 0.0389. The number of hydrogen-bond donors (Lipinski definition) is 2. The molecule has 1 amide bonds. The quantitative estimate of drug-likeness (QED) is 0.623. The molecule has 2 heterocycles. The van der Waals surface area contributed by atoms with Crippen molar-refractivity contribution in [2.24, 2.45) is 0 Å². The molecule has 98 valence electrons. The minimum Gasteiger partial charge on any atom is -0.379 e. The van der Waals surface area contributed by atoms with Crippen molar-refractivity contribution in [1.82, 2.24) is 10.2 Å². The maximum absolute atomic E-state index is 12.1. The number of hydrogen-bond acceptors (Lipinski definition) is 5. The Morgan fingerprint density at radius 2 is 2.44 bits per heavy atom. The zero-order valence-electron chi connectivity index (χ0n) is 10.1. The molecule has 0 saturated carbocycles. The van der Waals surface area contributed by atoms with Gasteiger partial charge in [0, 0.05) is 19.1 Å². The van der Waals surface area contributed by atoms with Crippen molar-refractivity contribution in [2.75, 3.05) is 13.1 Å². The summed E-state index contributed by atoms with van der Waals surface area (Å²) in [5.74, 6) is -0.0389. The lowest BCUT2D eigenvalue weighted by atomic mass is 10.2. The lowest BCUT2D eigenvalue weighted by Gasteiger charge is -2.17. The number of nitrogens with zero attached hydrogens (tertiary/aromatic N) is 1. The van der Waals surface area contributed by atoms with Crippen LogP contribution in [0.4, 0.5) is 0 Å². The van der Waals surface area contributed by atoms with Crippen LogP contribution < -0.4 is 5.32 Å². The highest BCUT2D eigenvalue weighted by molar-refractivity contribution is 7.15. The highest BCUT2D eigenvalue weighted by Crippen LogP contribution is 2.19. The Bertz CT molecular complexity index is 444. The molecule has 6 heteroatoms. The molecule has 5 nitrogen and oxygen atoms in total. The van der Waals surface area contributed by atoms with Crippen molar-refractivity contribution in [3.8, 4) is 0 Å². The second kappa shape index (κ2) is 5.60. The maximum atomic E-state index is 12.1. The number of amides is 1. The average molecular weight is 268 g/mol. The fourth-order valence-corrected chi connectivity index (χ4v) is 2.90. The van der Waals surface area contributed by atoms with Gasteiger partial charge in [0.25, 0.3) is 5.91 Å². The minimum atomic E-state index is -0.562. The van der Waals surface area contributed by atoms with Crippen molar-refractivity contribution in [2.45, 2.75) is 25.6 Å². The van der Waals surface area contributed by atoms with Crippen LogP contribution in [-0.4, -0.2) is 47.6 Å². The average Bonchev–Trinajstić information content (AvgIpc) is 2.95. The first kappa shape index (κ1) is 13.2. The largest absolute Gasteiger partial charge is 0.379 e. The van der Waals surface area contributed by atoms with Crippen molar-refractivity contribution in [3.63, 3.8) is 0 Å². The molecule has 2 unspecified atom stereocenters. The van der Waals surface area contributed by atoms with E-state index >= 15 is 0 Å². The number of thiophene rings is 1. The van der Waals surface area contributed by atoms with E-state index in [4.69, 9.17) is 0 Å². The molecule has 2 atom stereocenters. The van der Waals surface area contributed by atoms with E-state index in [0.29, 0.717) is 22.8 Å². The smallest absolute Gasteiger partial charge is 0.263 e. The van der Waals surface area contributed by atoms with Gasteiger partial charge >= 0.3 is 0 Å². The molecule has 1 aliphatic rings. The molecule has 1 saturated heterocycles. The molecule has 1 aromatic rings. The van der Waals surface area contributed by atoms with Gasteiger partial charge in [-0.25, -0.2) is 0 Å². The normalized spacial score (nSPS) is 21.0. The van der Waals surface area contributed by atoms with Crippen molar-refractivity contribution < 1.29 is 14.7 Å². The summed E-state index contributed by atoms with van der Waals surface area (Å²) < 4.78 is 0. The van der Waals surface area contributed by atoms with E-state index in [2.05, 4.69) is 5.32 Å². The first-order valence-corrected chi connectivity index (χ1v) is 6.70. The number of rotatable bonds is 4. The summed E-state index contributed by atoms with van der Waals surface area (Å²) in [6.07, 6.45) is 1.03. The number of aldehydes is 1. The van der Waals surface area contributed by atoms with Crippen LogP contribution in [0.15, 0.2) is 12.1 Å². The van der Waals surface area contributed by atoms with Crippen LogP contribution >= 0.6 is 11.3 Å². The first-order valence-electron chi connectivity index (χ1n) is 5.88. The summed E-state index contributed by atoms with van der Waals surface area (Å²) in [6.45, 7) is 2.94. The number of aliphatic hydroxyl groups is 1. The van der Waals surface area contributed by atoms with Gasteiger partial charge in [-0.3, -0.25) is 14.9 Å². The SMILES string of the molecule is CC(O)NC1CCN(C(=O)c2ccc(C=O)s2)C1. The highest BCUT2D eigenvalue weighted by Gasteiger charge is 2.27. The zero-order valence-corrected chi connectivity index (χ0v) is 10.9. The van der Waals surface area contributed by atoms with Crippen LogP contribution in [0.1, 0.15) is 32.7 Å². The summed E-state index contributed by atoms with van der Waals surface area (Å²) in [5, 5.41) is 12.2. The van der Waals surface area contributed by atoms with Crippen LogP contribution in [0.2, 0.25) is 0 Å². The number of carbonyl (C=O) groups excluding carboxylic acids is 2.